The summed E-state index contributed by atoms with van der Waals surface area (Å²) < 4.78 is 5.36. The number of carbonyl (C=O) groups excluding carboxylic acids is 1. The molecule has 0 bridgehead atoms. The van der Waals surface area contributed by atoms with E-state index in [1.807, 2.05) is 12.1 Å². The fourth-order valence-corrected chi connectivity index (χ4v) is 3.43. The third-order valence-corrected chi connectivity index (χ3v) is 4.36. The lowest BCUT2D eigenvalue weighted by molar-refractivity contribution is 0.0883. The summed E-state index contributed by atoms with van der Waals surface area (Å²) in [4.78, 5) is 14.7. The number of ketones is 1. The molecule has 1 aromatic rings. The summed E-state index contributed by atoms with van der Waals surface area (Å²) in [6, 6.07) is 6.00. The monoisotopic (exact) mass is 245 g/mol. The largest absolute Gasteiger partial charge is 0.496 e. The second-order valence-corrected chi connectivity index (χ2v) is 5.47. The molecular weight excluding hydrogens is 226 g/mol. The van der Waals surface area contributed by atoms with Crippen LogP contribution in [0.3, 0.4) is 0 Å². The van der Waals surface area contributed by atoms with Crippen molar-refractivity contribution in [3.05, 3.63) is 29.3 Å². The van der Waals surface area contributed by atoms with Gasteiger partial charge in [0, 0.05) is 18.9 Å². The molecule has 1 aromatic carbocycles. The number of likely N-dealkylation sites (tertiary alicyclic amines) is 1. The second kappa shape index (κ2) is 4.39. The normalized spacial score (nSPS) is 27.6. The van der Waals surface area contributed by atoms with E-state index < -0.39 is 0 Å². The third kappa shape index (κ3) is 1.74. The first-order chi connectivity index (χ1) is 8.70. The third-order valence-electron chi connectivity index (χ3n) is 4.36. The number of nitrogens with zero attached hydrogens (tertiary/aromatic N) is 1. The lowest BCUT2D eigenvalue weighted by atomic mass is 9.71. The highest BCUT2D eigenvalue weighted by Gasteiger charge is 2.38. The van der Waals surface area contributed by atoms with E-state index in [1.165, 1.54) is 5.56 Å². The Labute approximate surface area is 108 Å². The number of Topliss-reactive ketones (excluding diaryl/α,β-unsaturated/α-hetero) is 1. The number of rotatable bonds is 1. The molecule has 0 spiro atoms. The lowest BCUT2D eigenvalue weighted by Crippen LogP contribution is -2.40. The van der Waals surface area contributed by atoms with Gasteiger partial charge < -0.3 is 9.64 Å². The Balaban J connectivity index is 2.08. The van der Waals surface area contributed by atoms with Crippen molar-refractivity contribution < 1.29 is 9.53 Å². The van der Waals surface area contributed by atoms with E-state index in [9.17, 15) is 4.79 Å². The van der Waals surface area contributed by atoms with E-state index in [4.69, 9.17) is 4.74 Å². The van der Waals surface area contributed by atoms with Gasteiger partial charge in [-0.25, -0.2) is 0 Å². The quantitative estimate of drug-likeness (QED) is 0.760. The summed E-state index contributed by atoms with van der Waals surface area (Å²) in [5.41, 5.74) is 2.03. The minimum atomic E-state index is 0.258. The van der Waals surface area contributed by atoms with E-state index in [0.717, 1.165) is 30.8 Å². The van der Waals surface area contributed by atoms with Crippen LogP contribution in [0.5, 0.6) is 5.75 Å². The van der Waals surface area contributed by atoms with Crippen LogP contribution in [0.1, 0.15) is 34.7 Å². The van der Waals surface area contributed by atoms with Gasteiger partial charge in [-0.1, -0.05) is 12.1 Å². The average Bonchev–Trinajstić information content (AvgIpc) is 2.39. The maximum absolute atomic E-state index is 12.3. The number of hydrogen-bond acceptors (Lipinski definition) is 3. The summed E-state index contributed by atoms with van der Waals surface area (Å²) in [5.74, 6) is 2.01. The molecule has 0 radical (unpaired) electrons. The van der Waals surface area contributed by atoms with Crippen LogP contribution in [0.15, 0.2) is 18.2 Å². The SMILES string of the molecule is COc1cccc2c1C(=O)C[C@@H]1CCN(C)C[C@H]21. The summed E-state index contributed by atoms with van der Waals surface area (Å²) in [5, 5.41) is 0. The highest BCUT2D eigenvalue weighted by Crippen LogP contribution is 2.43. The molecule has 3 nitrogen and oxygen atoms in total. The minimum absolute atomic E-state index is 0.258. The Kier molecular flexibility index (Phi) is 2.86. The van der Waals surface area contributed by atoms with Crippen molar-refractivity contribution in [2.24, 2.45) is 5.92 Å². The van der Waals surface area contributed by atoms with Crippen LogP contribution in [-0.4, -0.2) is 37.9 Å². The van der Waals surface area contributed by atoms with Gasteiger partial charge in [0.05, 0.1) is 12.7 Å². The number of benzene rings is 1. The van der Waals surface area contributed by atoms with Gasteiger partial charge in [0.1, 0.15) is 5.75 Å². The standard InChI is InChI=1S/C15H19NO2/c1-16-7-6-10-8-13(17)15-11(12(10)9-16)4-3-5-14(15)18-2/h3-5,10,12H,6-9H2,1-2H3/t10-,12-/m0/s1. The molecule has 0 unspecified atom stereocenters. The number of piperidine rings is 1. The van der Waals surface area contributed by atoms with Crippen LogP contribution in [0, 0.1) is 5.92 Å². The molecule has 2 aliphatic rings. The van der Waals surface area contributed by atoms with Crippen molar-refractivity contribution >= 4 is 5.78 Å². The zero-order valence-corrected chi connectivity index (χ0v) is 11.0. The van der Waals surface area contributed by atoms with Crippen molar-refractivity contribution in [3.8, 4) is 5.75 Å². The van der Waals surface area contributed by atoms with E-state index in [0.29, 0.717) is 18.3 Å². The molecule has 18 heavy (non-hydrogen) atoms. The van der Waals surface area contributed by atoms with Gasteiger partial charge in [-0.2, -0.15) is 0 Å². The summed E-state index contributed by atoms with van der Waals surface area (Å²) >= 11 is 0. The smallest absolute Gasteiger partial charge is 0.167 e. The highest BCUT2D eigenvalue weighted by atomic mass is 16.5. The summed E-state index contributed by atoms with van der Waals surface area (Å²) in [6.45, 7) is 2.16. The Hall–Kier alpha value is -1.35. The van der Waals surface area contributed by atoms with Gasteiger partial charge in [-0.3, -0.25) is 4.79 Å². The lowest BCUT2D eigenvalue weighted by Gasteiger charge is -2.40. The molecule has 0 N–H and O–H groups in total. The van der Waals surface area contributed by atoms with E-state index in [2.05, 4.69) is 18.0 Å². The Bertz CT molecular complexity index is 483. The minimum Gasteiger partial charge on any atom is -0.496 e. The van der Waals surface area contributed by atoms with Gasteiger partial charge in [-0.15, -0.1) is 0 Å². The van der Waals surface area contributed by atoms with Crippen LogP contribution in [0.2, 0.25) is 0 Å². The van der Waals surface area contributed by atoms with E-state index in [1.54, 1.807) is 7.11 Å². The Morgan fingerprint density at radius 3 is 3.00 bits per heavy atom. The molecule has 0 amide bonds. The van der Waals surface area contributed by atoms with Crippen LogP contribution < -0.4 is 4.74 Å². The van der Waals surface area contributed by atoms with Crippen molar-refractivity contribution in [3.63, 3.8) is 0 Å². The molecule has 1 heterocycles. The van der Waals surface area contributed by atoms with Gasteiger partial charge in [0.25, 0.3) is 0 Å². The molecule has 3 rings (SSSR count). The molecule has 1 fully saturated rings. The van der Waals surface area contributed by atoms with Crippen LogP contribution in [-0.2, 0) is 0 Å². The molecular formula is C15H19NO2. The first kappa shape index (κ1) is 11.7. The van der Waals surface area contributed by atoms with Crippen LogP contribution in [0.25, 0.3) is 0 Å². The Morgan fingerprint density at radius 1 is 1.39 bits per heavy atom. The van der Waals surface area contributed by atoms with Crippen LogP contribution >= 0.6 is 0 Å². The van der Waals surface area contributed by atoms with Crippen LogP contribution in [0.4, 0.5) is 0 Å². The molecule has 1 saturated heterocycles. The number of hydrogen-bond donors (Lipinski definition) is 0. The number of fused-ring (bicyclic) bond motifs is 3. The maximum atomic E-state index is 12.3. The first-order valence-corrected chi connectivity index (χ1v) is 6.59. The number of ether oxygens (including phenoxy) is 1. The zero-order chi connectivity index (χ0) is 12.7. The predicted octanol–water partition coefficient (Wildman–Crippen LogP) is 2.32. The fourth-order valence-electron chi connectivity index (χ4n) is 3.43. The number of methoxy groups -OCH3 is 1. The molecule has 0 saturated carbocycles. The molecule has 1 aliphatic carbocycles. The van der Waals surface area contributed by atoms with Crippen molar-refractivity contribution in [2.45, 2.75) is 18.8 Å². The van der Waals surface area contributed by atoms with Gasteiger partial charge in [0.2, 0.25) is 0 Å². The van der Waals surface area contributed by atoms with Gasteiger partial charge in [0.15, 0.2) is 5.78 Å². The van der Waals surface area contributed by atoms with Gasteiger partial charge >= 0.3 is 0 Å². The highest BCUT2D eigenvalue weighted by molar-refractivity contribution is 6.01. The fraction of sp³-hybridized carbons (Fsp3) is 0.533. The summed E-state index contributed by atoms with van der Waals surface area (Å²) in [7, 11) is 3.80. The maximum Gasteiger partial charge on any atom is 0.167 e. The van der Waals surface area contributed by atoms with E-state index >= 15 is 0 Å². The predicted molar refractivity (Wildman–Crippen MR) is 70.3 cm³/mol. The molecule has 0 aromatic heterocycles. The van der Waals surface area contributed by atoms with Gasteiger partial charge in [-0.05, 0) is 37.6 Å². The zero-order valence-electron chi connectivity index (χ0n) is 11.0. The van der Waals surface area contributed by atoms with Crippen molar-refractivity contribution in [2.75, 3.05) is 27.2 Å². The van der Waals surface area contributed by atoms with E-state index in [-0.39, 0.29) is 5.78 Å². The second-order valence-electron chi connectivity index (χ2n) is 5.47. The van der Waals surface area contributed by atoms with Crippen molar-refractivity contribution in [1.82, 2.24) is 4.90 Å². The Morgan fingerprint density at radius 2 is 2.22 bits per heavy atom. The number of carbonyl (C=O) groups is 1. The first-order valence-electron chi connectivity index (χ1n) is 6.59. The van der Waals surface area contributed by atoms with Crippen molar-refractivity contribution in [1.29, 1.82) is 0 Å². The summed E-state index contributed by atoms with van der Waals surface area (Å²) in [6.07, 6.45) is 1.81. The number of likely N-dealkylation sites (N-methyl/N-ethyl adjacent to an activating group) is 1. The topological polar surface area (TPSA) is 29.5 Å². The average molecular weight is 245 g/mol. The molecule has 96 valence electrons. The molecule has 3 heteroatoms. The molecule has 2 atom stereocenters. The molecule has 1 aliphatic heterocycles.